The lowest BCUT2D eigenvalue weighted by Gasteiger charge is -2.15. The number of thioether (sulfide) groups is 1. The molecule has 0 unspecified atom stereocenters. The van der Waals surface area contributed by atoms with E-state index in [0.29, 0.717) is 18.3 Å². The van der Waals surface area contributed by atoms with Gasteiger partial charge in [-0.1, -0.05) is 30.0 Å². The monoisotopic (exact) mass is 426 g/mol. The van der Waals surface area contributed by atoms with Crippen LogP contribution in [0.1, 0.15) is 32.7 Å². The zero-order valence-electron chi connectivity index (χ0n) is 17.4. The minimum Gasteiger partial charge on any atom is -0.494 e. The number of hydrogen-bond donors (Lipinski definition) is 1. The fourth-order valence-corrected chi connectivity index (χ4v) is 3.70. The van der Waals surface area contributed by atoms with Crippen LogP contribution in [0, 0.1) is 0 Å². The molecule has 0 fully saturated rings. The molecule has 1 aromatic heterocycles. The minimum absolute atomic E-state index is 0.107. The average molecular weight is 427 g/mol. The van der Waals surface area contributed by atoms with Crippen LogP contribution in [-0.4, -0.2) is 33.0 Å². The first kappa shape index (κ1) is 21.7. The molecule has 3 rings (SSSR count). The molecular weight excluding hydrogens is 400 g/mol. The van der Waals surface area contributed by atoms with Gasteiger partial charge in [-0.05, 0) is 57.2 Å². The van der Waals surface area contributed by atoms with E-state index < -0.39 is 0 Å². The lowest BCUT2D eigenvalue weighted by Crippen LogP contribution is -2.15. The molecule has 1 amide bonds. The van der Waals surface area contributed by atoms with Crippen LogP contribution in [0.4, 0.5) is 5.69 Å². The summed E-state index contributed by atoms with van der Waals surface area (Å²) in [5.74, 6) is 2.42. The second kappa shape index (κ2) is 10.7. The number of rotatable bonds is 10. The largest absolute Gasteiger partial charge is 0.494 e. The van der Waals surface area contributed by atoms with Gasteiger partial charge in [-0.25, -0.2) is 0 Å². The Morgan fingerprint density at radius 2 is 1.80 bits per heavy atom. The second-order valence-corrected chi connectivity index (χ2v) is 7.39. The number of anilines is 1. The lowest BCUT2D eigenvalue weighted by molar-refractivity contribution is -0.113. The van der Waals surface area contributed by atoms with E-state index in [0.717, 1.165) is 23.0 Å². The van der Waals surface area contributed by atoms with Gasteiger partial charge in [0.1, 0.15) is 11.5 Å². The van der Waals surface area contributed by atoms with Gasteiger partial charge < -0.3 is 19.4 Å². The Bertz CT molecular complexity index is 945. The fraction of sp³-hybridized carbons (Fsp3) is 0.318. The van der Waals surface area contributed by atoms with E-state index >= 15 is 0 Å². The number of hydrogen-bond acceptors (Lipinski definition) is 6. The summed E-state index contributed by atoms with van der Waals surface area (Å²) in [6.07, 6.45) is -0.258. The minimum atomic E-state index is -0.258. The lowest BCUT2D eigenvalue weighted by atomic mass is 10.3. The van der Waals surface area contributed by atoms with E-state index in [9.17, 15) is 4.79 Å². The van der Waals surface area contributed by atoms with Gasteiger partial charge in [-0.2, -0.15) is 0 Å². The number of nitrogens with one attached hydrogen (secondary N) is 1. The van der Waals surface area contributed by atoms with Gasteiger partial charge in [0.2, 0.25) is 5.91 Å². The third kappa shape index (κ3) is 5.76. The topological polar surface area (TPSA) is 78.3 Å². The van der Waals surface area contributed by atoms with Crippen LogP contribution < -0.4 is 14.8 Å². The summed E-state index contributed by atoms with van der Waals surface area (Å²) in [7, 11) is 0. The molecule has 0 saturated carbocycles. The first-order valence-electron chi connectivity index (χ1n) is 9.91. The van der Waals surface area contributed by atoms with Crippen LogP contribution in [0.3, 0.4) is 0 Å². The molecule has 3 aromatic rings. The van der Waals surface area contributed by atoms with Crippen molar-refractivity contribution in [2.24, 2.45) is 0 Å². The van der Waals surface area contributed by atoms with E-state index in [1.165, 1.54) is 11.8 Å². The number of carbonyl (C=O) groups is 1. The standard InChI is InChI=1S/C22H26N4O3S/c1-4-26-21(16(3)29-19-9-7-6-8-10-19)24-25-22(26)30-15-20(27)23-17-11-13-18(14-12-17)28-5-2/h6-14,16H,4-5,15H2,1-3H3,(H,23,27)/t16-/m0/s1. The van der Waals surface area contributed by atoms with Gasteiger partial charge in [-0.15, -0.1) is 10.2 Å². The van der Waals surface area contributed by atoms with Crippen molar-refractivity contribution < 1.29 is 14.3 Å². The Morgan fingerprint density at radius 3 is 2.47 bits per heavy atom. The Hall–Kier alpha value is -3.00. The number of nitrogens with zero attached hydrogens (tertiary/aromatic N) is 3. The van der Waals surface area contributed by atoms with Crippen LogP contribution >= 0.6 is 11.8 Å². The number of ether oxygens (including phenoxy) is 2. The highest BCUT2D eigenvalue weighted by atomic mass is 32.2. The molecule has 1 atom stereocenters. The smallest absolute Gasteiger partial charge is 0.234 e. The highest BCUT2D eigenvalue weighted by Gasteiger charge is 2.19. The van der Waals surface area contributed by atoms with Gasteiger partial charge in [-0.3, -0.25) is 4.79 Å². The number of benzene rings is 2. The van der Waals surface area contributed by atoms with E-state index in [1.807, 2.05) is 79.9 Å². The number of aromatic nitrogens is 3. The maximum atomic E-state index is 12.3. The van der Waals surface area contributed by atoms with Crippen molar-refractivity contribution in [1.29, 1.82) is 0 Å². The molecule has 158 valence electrons. The molecule has 2 aromatic carbocycles. The van der Waals surface area contributed by atoms with Gasteiger partial charge >= 0.3 is 0 Å². The first-order valence-corrected chi connectivity index (χ1v) is 10.9. The molecule has 0 radical (unpaired) electrons. The molecule has 7 nitrogen and oxygen atoms in total. The van der Waals surface area contributed by atoms with Crippen molar-refractivity contribution in [3.63, 3.8) is 0 Å². The summed E-state index contributed by atoms with van der Waals surface area (Å²) in [6, 6.07) is 16.9. The molecule has 8 heteroatoms. The number of para-hydroxylation sites is 1. The van der Waals surface area contributed by atoms with Crippen molar-refractivity contribution >= 4 is 23.4 Å². The third-order valence-corrected chi connectivity index (χ3v) is 5.23. The molecule has 0 bridgehead atoms. The van der Waals surface area contributed by atoms with Crippen molar-refractivity contribution in [3.05, 3.63) is 60.4 Å². The molecule has 0 spiro atoms. The summed E-state index contributed by atoms with van der Waals surface area (Å²) in [6.45, 7) is 7.19. The Balaban J connectivity index is 1.58. The van der Waals surface area contributed by atoms with Crippen LogP contribution in [-0.2, 0) is 11.3 Å². The number of carbonyl (C=O) groups excluding carboxylic acids is 1. The number of amides is 1. The van der Waals surface area contributed by atoms with E-state index in [2.05, 4.69) is 15.5 Å². The Morgan fingerprint density at radius 1 is 1.07 bits per heavy atom. The van der Waals surface area contributed by atoms with Gasteiger partial charge in [0.05, 0.1) is 12.4 Å². The highest BCUT2D eigenvalue weighted by molar-refractivity contribution is 7.99. The van der Waals surface area contributed by atoms with Crippen LogP contribution in [0.2, 0.25) is 0 Å². The Labute approximate surface area is 180 Å². The quantitative estimate of drug-likeness (QED) is 0.479. The molecule has 0 aliphatic rings. The summed E-state index contributed by atoms with van der Waals surface area (Å²) in [4.78, 5) is 12.3. The first-order chi connectivity index (χ1) is 14.6. The van der Waals surface area contributed by atoms with Crippen molar-refractivity contribution in [3.8, 4) is 11.5 Å². The van der Waals surface area contributed by atoms with E-state index in [4.69, 9.17) is 9.47 Å². The fourth-order valence-electron chi connectivity index (χ4n) is 2.89. The molecule has 0 aliphatic heterocycles. The molecular formula is C22H26N4O3S. The third-order valence-electron chi connectivity index (χ3n) is 4.26. The van der Waals surface area contributed by atoms with Crippen LogP contribution in [0.25, 0.3) is 0 Å². The van der Waals surface area contributed by atoms with Crippen molar-refractivity contribution in [2.75, 3.05) is 17.7 Å². The average Bonchev–Trinajstić information content (AvgIpc) is 3.18. The normalized spacial score (nSPS) is 11.7. The summed E-state index contributed by atoms with van der Waals surface area (Å²) < 4.78 is 13.4. The van der Waals surface area contributed by atoms with Crippen LogP contribution in [0.5, 0.6) is 11.5 Å². The zero-order valence-corrected chi connectivity index (χ0v) is 18.2. The van der Waals surface area contributed by atoms with Gasteiger partial charge in [0.25, 0.3) is 0 Å². The van der Waals surface area contributed by atoms with E-state index in [1.54, 1.807) is 0 Å². The SMILES string of the molecule is CCOc1ccc(NC(=O)CSc2nnc([C@H](C)Oc3ccccc3)n2CC)cc1. The zero-order chi connectivity index (χ0) is 21.3. The van der Waals surface area contributed by atoms with Crippen molar-refractivity contribution in [1.82, 2.24) is 14.8 Å². The maximum Gasteiger partial charge on any atom is 0.234 e. The molecule has 30 heavy (non-hydrogen) atoms. The highest BCUT2D eigenvalue weighted by Crippen LogP contribution is 2.24. The molecule has 1 N–H and O–H groups in total. The maximum absolute atomic E-state index is 12.3. The Kier molecular flexibility index (Phi) is 7.73. The molecule has 0 saturated heterocycles. The predicted octanol–water partition coefficient (Wildman–Crippen LogP) is 4.57. The summed E-state index contributed by atoms with van der Waals surface area (Å²) in [5, 5.41) is 12.1. The van der Waals surface area contributed by atoms with Gasteiger partial charge in [0.15, 0.2) is 17.1 Å². The summed E-state index contributed by atoms with van der Waals surface area (Å²) >= 11 is 1.35. The van der Waals surface area contributed by atoms with Crippen molar-refractivity contribution in [2.45, 2.75) is 38.6 Å². The van der Waals surface area contributed by atoms with Crippen LogP contribution in [0.15, 0.2) is 59.8 Å². The molecule has 1 heterocycles. The van der Waals surface area contributed by atoms with E-state index in [-0.39, 0.29) is 17.8 Å². The molecule has 0 aliphatic carbocycles. The second-order valence-electron chi connectivity index (χ2n) is 6.45. The summed E-state index contributed by atoms with van der Waals surface area (Å²) in [5.41, 5.74) is 0.728. The van der Waals surface area contributed by atoms with Gasteiger partial charge in [0, 0.05) is 12.2 Å². The predicted molar refractivity (Wildman–Crippen MR) is 118 cm³/mol.